The molecule has 7 nitrogen and oxygen atoms in total. The maximum absolute atomic E-state index is 14.0. The third kappa shape index (κ3) is 8.32. The van der Waals surface area contributed by atoms with Crippen molar-refractivity contribution in [2.24, 2.45) is 5.92 Å². The van der Waals surface area contributed by atoms with Crippen LogP contribution in [0.4, 0.5) is 0 Å². The number of ether oxygens (including phenoxy) is 1. The summed E-state index contributed by atoms with van der Waals surface area (Å²) in [5.41, 5.74) is 6.86. The van der Waals surface area contributed by atoms with Gasteiger partial charge in [-0.3, -0.25) is 9.59 Å². The third-order valence-electron chi connectivity index (χ3n) is 9.28. The number of carbonyl (C=O) groups is 2. The summed E-state index contributed by atoms with van der Waals surface area (Å²) in [6.45, 7) is 17.2. The van der Waals surface area contributed by atoms with Crippen molar-refractivity contribution in [3.8, 4) is 5.75 Å². The molecule has 0 aromatic heterocycles. The number of nitrogens with one attached hydrogen (secondary N) is 2. The highest BCUT2D eigenvalue weighted by Gasteiger charge is 2.38. The summed E-state index contributed by atoms with van der Waals surface area (Å²) in [6, 6.07) is 12.6. The topological polar surface area (TPSA) is 90.9 Å². The van der Waals surface area contributed by atoms with E-state index in [1.807, 2.05) is 51.1 Å². The molecule has 7 heteroatoms. The number of amides is 2. The molecule has 4 rings (SSSR count). The molecule has 44 heavy (non-hydrogen) atoms. The molecule has 0 radical (unpaired) electrons. The molecule has 5 atom stereocenters. The van der Waals surface area contributed by atoms with Crippen LogP contribution < -0.4 is 10.6 Å². The van der Waals surface area contributed by atoms with Crippen LogP contribution in [0.25, 0.3) is 5.70 Å². The number of phenolic OH excluding ortho intramolecular Hbond substituents is 1. The van der Waals surface area contributed by atoms with Gasteiger partial charge in [-0.2, -0.15) is 0 Å². The van der Waals surface area contributed by atoms with E-state index < -0.39 is 12.1 Å². The lowest BCUT2D eigenvalue weighted by molar-refractivity contribution is -0.140. The predicted octanol–water partition coefficient (Wildman–Crippen LogP) is 6.57. The lowest BCUT2D eigenvalue weighted by Crippen LogP contribution is -2.55. The molecule has 0 spiro atoms. The average Bonchev–Trinajstić information content (AvgIpc) is 3.75. The van der Waals surface area contributed by atoms with Gasteiger partial charge < -0.3 is 25.4 Å². The smallest absolute Gasteiger partial charge is 0.245 e. The molecule has 2 aromatic carbocycles. The molecule has 1 saturated heterocycles. The van der Waals surface area contributed by atoms with E-state index in [0.717, 1.165) is 54.4 Å². The van der Waals surface area contributed by atoms with Gasteiger partial charge in [0.1, 0.15) is 17.8 Å². The maximum Gasteiger partial charge on any atom is 0.245 e. The van der Waals surface area contributed by atoms with Gasteiger partial charge in [0.15, 0.2) is 0 Å². The van der Waals surface area contributed by atoms with E-state index in [0.29, 0.717) is 25.3 Å². The number of aromatic hydroxyl groups is 1. The van der Waals surface area contributed by atoms with Crippen LogP contribution in [0.1, 0.15) is 88.5 Å². The van der Waals surface area contributed by atoms with Crippen LogP contribution in [0.2, 0.25) is 0 Å². The van der Waals surface area contributed by atoms with Crippen molar-refractivity contribution in [1.29, 1.82) is 0 Å². The van der Waals surface area contributed by atoms with Gasteiger partial charge in [-0.05, 0) is 100 Å². The summed E-state index contributed by atoms with van der Waals surface area (Å²) in [4.78, 5) is 29.4. The molecule has 5 unspecified atom stereocenters. The molecule has 2 fully saturated rings. The number of benzene rings is 2. The van der Waals surface area contributed by atoms with Crippen molar-refractivity contribution in [3.63, 3.8) is 0 Å². The fourth-order valence-corrected chi connectivity index (χ4v) is 6.26. The summed E-state index contributed by atoms with van der Waals surface area (Å²) in [5.74, 6) is 0.272. The zero-order chi connectivity index (χ0) is 32.0. The number of carbonyl (C=O) groups excluding carboxylic acids is 2. The maximum atomic E-state index is 14.0. The van der Waals surface area contributed by atoms with E-state index in [9.17, 15) is 14.7 Å². The van der Waals surface area contributed by atoms with Crippen molar-refractivity contribution in [3.05, 3.63) is 82.4 Å². The van der Waals surface area contributed by atoms with Crippen LogP contribution in [-0.4, -0.2) is 52.6 Å². The number of aryl methyl sites for hydroxylation is 2. The Kier molecular flexibility index (Phi) is 11.3. The minimum atomic E-state index is -0.565. The second kappa shape index (κ2) is 14.9. The highest BCUT2D eigenvalue weighted by molar-refractivity contribution is 5.91. The summed E-state index contributed by atoms with van der Waals surface area (Å²) >= 11 is 0. The largest absolute Gasteiger partial charge is 0.507 e. The van der Waals surface area contributed by atoms with Crippen molar-refractivity contribution in [1.82, 2.24) is 15.5 Å². The standard InChI is InChI=1S/C37H51N3O4/c1-8-23(2)35(44-22-29-13-10-9-11-14-29)32(21-24(3)30-16-17-30)39-36(42)33-15-12-18-40(33)37(43)28(7)38-27(6)31-19-25(4)34(41)26(5)20-31/h9-11,13-14,19-20,23,28,32-33,35,38,41H,6,8,12,15-18,21-22H2,1-5,7H3,(H,39,42). The van der Waals surface area contributed by atoms with Gasteiger partial charge in [-0.1, -0.05) is 68.3 Å². The van der Waals surface area contributed by atoms with E-state index in [4.69, 9.17) is 4.74 Å². The fourth-order valence-electron chi connectivity index (χ4n) is 6.26. The Morgan fingerprint density at radius 1 is 1.09 bits per heavy atom. The zero-order valence-electron chi connectivity index (χ0n) is 27.4. The Hall–Kier alpha value is -3.58. The average molecular weight is 602 g/mol. The number of hydrogen-bond acceptors (Lipinski definition) is 5. The minimum absolute atomic E-state index is 0.109. The first-order valence-electron chi connectivity index (χ1n) is 16.2. The van der Waals surface area contributed by atoms with Crippen molar-refractivity contribution >= 4 is 17.5 Å². The Balaban J connectivity index is 1.47. The van der Waals surface area contributed by atoms with Gasteiger partial charge in [0.05, 0.1) is 18.8 Å². The Morgan fingerprint density at radius 2 is 1.75 bits per heavy atom. The molecule has 1 aliphatic carbocycles. The monoisotopic (exact) mass is 601 g/mol. The first-order valence-corrected chi connectivity index (χ1v) is 16.2. The lowest BCUT2D eigenvalue weighted by atomic mass is 9.90. The number of nitrogens with zero attached hydrogens (tertiary/aromatic N) is 1. The van der Waals surface area contributed by atoms with Crippen LogP contribution in [0.3, 0.4) is 0 Å². The molecule has 2 aliphatic rings. The second-order valence-corrected chi connectivity index (χ2v) is 12.8. The summed E-state index contributed by atoms with van der Waals surface area (Å²) in [7, 11) is 0. The van der Waals surface area contributed by atoms with E-state index in [1.54, 1.807) is 4.90 Å². The SMILES string of the molecule is C=C(NC(C)C(=O)N1CCCC1C(=O)NC(CC(C)=C1CC1)C(OCc1ccccc1)C(C)CC)c1cc(C)c(O)c(C)c1. The normalized spacial score (nSPS) is 18.7. The van der Waals surface area contributed by atoms with Crippen LogP contribution >= 0.6 is 0 Å². The van der Waals surface area contributed by atoms with Gasteiger partial charge in [-0.25, -0.2) is 0 Å². The Labute approximate surface area is 263 Å². The van der Waals surface area contributed by atoms with Gasteiger partial charge in [0.25, 0.3) is 0 Å². The molecule has 1 heterocycles. The van der Waals surface area contributed by atoms with Gasteiger partial charge in [0, 0.05) is 12.2 Å². The summed E-state index contributed by atoms with van der Waals surface area (Å²) in [6.07, 6.45) is 5.20. The van der Waals surface area contributed by atoms with Gasteiger partial charge in [0.2, 0.25) is 11.8 Å². The lowest BCUT2D eigenvalue weighted by Gasteiger charge is -2.35. The molecular weight excluding hydrogens is 550 g/mol. The molecule has 238 valence electrons. The molecule has 1 saturated carbocycles. The van der Waals surface area contributed by atoms with Crippen LogP contribution in [0, 0.1) is 19.8 Å². The highest BCUT2D eigenvalue weighted by atomic mass is 16.5. The van der Waals surface area contributed by atoms with Gasteiger partial charge in [-0.15, -0.1) is 0 Å². The summed E-state index contributed by atoms with van der Waals surface area (Å²) < 4.78 is 6.58. The number of hydrogen-bond donors (Lipinski definition) is 3. The first kappa shape index (κ1) is 33.3. The number of phenols is 1. The van der Waals surface area contributed by atoms with E-state index in [1.165, 1.54) is 11.1 Å². The van der Waals surface area contributed by atoms with Gasteiger partial charge >= 0.3 is 0 Å². The van der Waals surface area contributed by atoms with E-state index in [-0.39, 0.29) is 35.6 Å². The predicted molar refractivity (Wildman–Crippen MR) is 177 cm³/mol. The Morgan fingerprint density at radius 3 is 2.36 bits per heavy atom. The molecule has 2 aromatic rings. The minimum Gasteiger partial charge on any atom is -0.507 e. The van der Waals surface area contributed by atoms with Crippen LogP contribution in [-0.2, 0) is 20.9 Å². The second-order valence-electron chi connectivity index (χ2n) is 12.8. The van der Waals surface area contributed by atoms with Crippen LogP contribution in [0.5, 0.6) is 5.75 Å². The zero-order valence-corrected chi connectivity index (χ0v) is 27.4. The van der Waals surface area contributed by atoms with E-state index >= 15 is 0 Å². The molecule has 3 N–H and O–H groups in total. The molecule has 2 amide bonds. The van der Waals surface area contributed by atoms with Crippen molar-refractivity contribution in [2.45, 2.75) is 111 Å². The fraction of sp³-hybridized carbons (Fsp3) is 0.514. The summed E-state index contributed by atoms with van der Waals surface area (Å²) in [5, 5.41) is 16.8. The number of allylic oxidation sites excluding steroid dienone is 1. The Bertz CT molecular complexity index is 1340. The third-order valence-corrected chi connectivity index (χ3v) is 9.28. The van der Waals surface area contributed by atoms with Crippen LogP contribution in [0.15, 0.2) is 60.2 Å². The quantitative estimate of drug-likeness (QED) is 0.213. The number of rotatable bonds is 14. The molecule has 1 aliphatic heterocycles. The first-order chi connectivity index (χ1) is 21.0. The molecule has 0 bridgehead atoms. The number of likely N-dealkylation sites (tertiary alicyclic amines) is 1. The van der Waals surface area contributed by atoms with E-state index in [2.05, 4.69) is 50.1 Å². The molecular formula is C37H51N3O4. The highest BCUT2D eigenvalue weighted by Crippen LogP contribution is 2.34. The van der Waals surface area contributed by atoms with Crippen molar-refractivity contribution < 1.29 is 19.4 Å². The van der Waals surface area contributed by atoms with Crippen molar-refractivity contribution in [2.75, 3.05) is 6.54 Å².